The summed E-state index contributed by atoms with van der Waals surface area (Å²) in [5.74, 6) is 0. The molecule has 0 N–H and O–H groups in total. The van der Waals surface area contributed by atoms with Gasteiger partial charge in [-0.3, -0.25) is 0 Å². The van der Waals surface area contributed by atoms with E-state index in [1.54, 1.807) is 0 Å². The topological polar surface area (TPSA) is 4.93 Å². The number of rotatable bonds is 5. The van der Waals surface area contributed by atoms with Gasteiger partial charge in [-0.25, -0.2) is 0 Å². The maximum atomic E-state index is 2.34. The molecule has 0 aliphatic heterocycles. The molecule has 0 saturated carbocycles. The predicted molar refractivity (Wildman–Crippen MR) is 119 cm³/mol. The van der Waals surface area contributed by atoms with Crippen molar-refractivity contribution in [1.29, 1.82) is 0 Å². The number of aryl methyl sites for hydroxylation is 1. The van der Waals surface area contributed by atoms with Crippen molar-refractivity contribution < 1.29 is 0 Å². The highest BCUT2D eigenvalue weighted by Gasteiger charge is 2.45. The van der Waals surface area contributed by atoms with E-state index >= 15 is 0 Å². The fourth-order valence-electron chi connectivity index (χ4n) is 3.84. The Labute approximate surface area is 162 Å². The lowest BCUT2D eigenvalue weighted by Gasteiger charge is -2.28. The molecule has 0 atom stereocenters. The molecule has 0 amide bonds. The second-order valence-corrected chi connectivity index (χ2v) is 10.5. The minimum Gasteiger partial charge on any atom is -0.349 e. The van der Waals surface area contributed by atoms with Crippen LogP contribution in [0.25, 0.3) is 0 Å². The van der Waals surface area contributed by atoms with Crippen molar-refractivity contribution in [2.45, 2.75) is 13.1 Å². The third-order valence-corrected chi connectivity index (χ3v) is 9.80. The van der Waals surface area contributed by atoms with Crippen molar-refractivity contribution in [2.75, 3.05) is 0 Å². The molecule has 0 radical (unpaired) electrons. The fraction of sp³-hybridized carbons (Fsp3) is 0.120. The SMILES string of the molecule is Cc1ccc(C[P+](c2ccccc2)(c2ccccc2)c2ccccc2)n1C. The van der Waals surface area contributed by atoms with Crippen molar-refractivity contribution >= 4 is 23.2 Å². The van der Waals surface area contributed by atoms with Crippen LogP contribution in [0, 0.1) is 6.92 Å². The summed E-state index contributed by atoms with van der Waals surface area (Å²) in [5, 5.41) is 4.30. The molecule has 4 aromatic rings. The first-order valence-electron chi connectivity index (χ1n) is 9.38. The molecule has 134 valence electrons. The predicted octanol–water partition coefficient (Wildman–Crippen LogP) is 4.83. The van der Waals surface area contributed by atoms with Gasteiger partial charge in [0.1, 0.15) is 29.3 Å². The zero-order valence-corrected chi connectivity index (χ0v) is 16.8. The molecule has 0 unspecified atom stereocenters. The number of benzene rings is 3. The van der Waals surface area contributed by atoms with Crippen molar-refractivity contribution in [3.8, 4) is 0 Å². The maximum Gasteiger partial charge on any atom is 0.118 e. The Morgan fingerprint density at radius 1 is 0.593 bits per heavy atom. The molecule has 0 saturated heterocycles. The Morgan fingerprint density at radius 3 is 1.33 bits per heavy atom. The molecule has 27 heavy (non-hydrogen) atoms. The summed E-state index contributed by atoms with van der Waals surface area (Å²) in [7, 11) is 0.371. The lowest BCUT2D eigenvalue weighted by molar-refractivity contribution is 0.836. The van der Waals surface area contributed by atoms with E-state index in [0.29, 0.717) is 0 Å². The summed E-state index contributed by atoms with van der Waals surface area (Å²) in [6, 6.07) is 37.7. The van der Waals surface area contributed by atoms with E-state index in [-0.39, 0.29) is 0 Å². The lowest BCUT2D eigenvalue weighted by atomic mass is 10.3. The maximum absolute atomic E-state index is 2.34. The van der Waals surface area contributed by atoms with Gasteiger partial charge in [0, 0.05) is 12.7 Å². The van der Waals surface area contributed by atoms with Gasteiger partial charge in [0.25, 0.3) is 0 Å². The van der Waals surface area contributed by atoms with Crippen molar-refractivity contribution in [2.24, 2.45) is 7.05 Å². The zero-order valence-electron chi connectivity index (χ0n) is 15.9. The Hall–Kier alpha value is -2.63. The summed E-state index contributed by atoms with van der Waals surface area (Å²) < 4.78 is 2.34. The molecular formula is C25H25NP+. The van der Waals surface area contributed by atoms with Gasteiger partial charge in [-0.05, 0) is 55.5 Å². The van der Waals surface area contributed by atoms with Gasteiger partial charge in [-0.15, -0.1) is 0 Å². The highest BCUT2D eigenvalue weighted by atomic mass is 31.2. The normalized spacial score (nSPS) is 11.5. The molecule has 0 aliphatic carbocycles. The molecular weight excluding hydrogens is 345 g/mol. The Kier molecular flexibility index (Phi) is 4.97. The van der Waals surface area contributed by atoms with E-state index in [9.17, 15) is 0 Å². The summed E-state index contributed by atoms with van der Waals surface area (Å²) in [6.07, 6.45) is 1.02. The molecule has 4 rings (SSSR count). The fourth-order valence-corrected chi connectivity index (χ4v) is 8.13. The summed E-state index contributed by atoms with van der Waals surface area (Å²) in [4.78, 5) is 0. The molecule has 0 spiro atoms. The largest absolute Gasteiger partial charge is 0.349 e. The van der Waals surface area contributed by atoms with Gasteiger partial charge in [-0.1, -0.05) is 54.6 Å². The second-order valence-electron chi connectivity index (χ2n) is 7.00. The summed E-state index contributed by atoms with van der Waals surface area (Å²) in [5.41, 5.74) is 2.69. The van der Waals surface area contributed by atoms with E-state index in [0.717, 1.165) is 6.16 Å². The van der Waals surface area contributed by atoms with Gasteiger partial charge >= 0.3 is 0 Å². The Morgan fingerprint density at radius 2 is 1.00 bits per heavy atom. The van der Waals surface area contributed by atoms with Crippen molar-refractivity contribution in [1.82, 2.24) is 4.57 Å². The third kappa shape index (κ3) is 3.24. The number of hydrogen-bond acceptors (Lipinski definition) is 0. The average Bonchev–Trinajstić information content (AvgIpc) is 3.06. The second kappa shape index (κ2) is 7.55. The van der Waals surface area contributed by atoms with Crippen LogP contribution in [0.2, 0.25) is 0 Å². The van der Waals surface area contributed by atoms with E-state index in [1.165, 1.54) is 27.3 Å². The first-order valence-corrected chi connectivity index (χ1v) is 11.4. The quantitative estimate of drug-likeness (QED) is 0.444. The lowest BCUT2D eigenvalue weighted by Crippen LogP contribution is -2.32. The average molecular weight is 370 g/mol. The smallest absolute Gasteiger partial charge is 0.118 e. The van der Waals surface area contributed by atoms with Crippen LogP contribution in [-0.4, -0.2) is 4.57 Å². The van der Waals surface area contributed by atoms with Crippen LogP contribution in [0.4, 0.5) is 0 Å². The van der Waals surface area contributed by atoms with Gasteiger partial charge in [0.2, 0.25) is 0 Å². The molecule has 1 nitrogen and oxygen atoms in total. The zero-order chi connectivity index (χ0) is 18.7. The van der Waals surface area contributed by atoms with E-state index in [4.69, 9.17) is 0 Å². The molecule has 1 heterocycles. The van der Waals surface area contributed by atoms with Crippen molar-refractivity contribution in [3.63, 3.8) is 0 Å². The molecule has 0 fully saturated rings. The summed E-state index contributed by atoms with van der Waals surface area (Å²) in [6.45, 7) is 2.18. The molecule has 2 heteroatoms. The number of aromatic nitrogens is 1. The number of nitrogens with zero attached hydrogens (tertiary/aromatic N) is 1. The molecule has 3 aromatic carbocycles. The molecule has 0 bridgehead atoms. The van der Waals surface area contributed by atoms with Crippen LogP contribution in [-0.2, 0) is 13.2 Å². The minimum atomic E-state index is -1.81. The van der Waals surface area contributed by atoms with E-state index in [2.05, 4.69) is 122 Å². The van der Waals surface area contributed by atoms with Crippen LogP contribution < -0.4 is 15.9 Å². The van der Waals surface area contributed by atoms with Crippen LogP contribution in [0.15, 0.2) is 103 Å². The first kappa shape index (κ1) is 17.8. The van der Waals surface area contributed by atoms with Crippen LogP contribution in [0.1, 0.15) is 11.4 Å². The highest BCUT2D eigenvalue weighted by Crippen LogP contribution is 2.58. The van der Waals surface area contributed by atoms with Gasteiger partial charge in [-0.2, -0.15) is 0 Å². The minimum absolute atomic E-state index is 1.02. The van der Waals surface area contributed by atoms with Crippen LogP contribution in [0.3, 0.4) is 0 Å². The van der Waals surface area contributed by atoms with E-state index < -0.39 is 7.26 Å². The standard InChI is InChI=1S/C25H25NP/c1-21-18-19-22(26(21)2)20-27(23-12-6-3-7-13-23,24-14-8-4-9-15-24)25-16-10-5-11-17-25/h3-19H,20H2,1-2H3/q+1. The molecule has 1 aromatic heterocycles. The Bertz CT molecular complexity index is 907. The van der Waals surface area contributed by atoms with E-state index in [1.807, 2.05) is 0 Å². The monoisotopic (exact) mass is 370 g/mol. The number of hydrogen-bond donors (Lipinski definition) is 0. The molecule has 0 aliphatic rings. The third-order valence-electron chi connectivity index (χ3n) is 5.47. The van der Waals surface area contributed by atoms with Gasteiger partial charge in [0.15, 0.2) is 0 Å². The highest BCUT2D eigenvalue weighted by molar-refractivity contribution is 7.95. The van der Waals surface area contributed by atoms with Gasteiger partial charge < -0.3 is 4.57 Å². The first-order chi connectivity index (χ1) is 13.2. The van der Waals surface area contributed by atoms with Crippen molar-refractivity contribution in [3.05, 3.63) is 115 Å². The Balaban J connectivity index is 2.01. The van der Waals surface area contributed by atoms with Crippen LogP contribution >= 0.6 is 7.26 Å². The summed E-state index contributed by atoms with van der Waals surface area (Å²) >= 11 is 0. The van der Waals surface area contributed by atoms with Gasteiger partial charge in [0.05, 0.1) is 5.69 Å². The van der Waals surface area contributed by atoms with Crippen LogP contribution in [0.5, 0.6) is 0 Å².